The highest BCUT2D eigenvalue weighted by Gasteiger charge is 1.90. The normalized spacial score (nSPS) is 9.56. The van der Waals surface area contributed by atoms with Gasteiger partial charge in [-0.2, -0.15) is 0 Å². The number of aryl methyl sites for hydroxylation is 2. The minimum atomic E-state index is -0.115. The minimum Gasteiger partial charge on any atom is -0.466 e. The van der Waals surface area contributed by atoms with Crippen molar-refractivity contribution in [2.24, 2.45) is 0 Å². The molecule has 1 aromatic rings. The van der Waals surface area contributed by atoms with Crippen LogP contribution in [0.2, 0.25) is 0 Å². The lowest BCUT2D eigenvalue weighted by Gasteiger charge is -1.90. The summed E-state index contributed by atoms with van der Waals surface area (Å²) in [7, 11) is 0. The molecular weight excluding hydrogens is 116 g/mol. The second kappa shape index (κ2) is 2.05. The van der Waals surface area contributed by atoms with E-state index in [9.17, 15) is 4.79 Å². The fourth-order valence-electron chi connectivity index (χ4n) is 0.691. The van der Waals surface area contributed by atoms with Crippen LogP contribution in [0.3, 0.4) is 0 Å². The average molecular weight is 123 g/mol. The Bertz CT molecular complexity index is 237. The molecule has 0 fully saturated rings. The van der Waals surface area contributed by atoms with Gasteiger partial charge in [0.05, 0.1) is 6.07 Å². The molecule has 0 aliphatic heterocycles. The molecule has 0 saturated heterocycles. The van der Waals surface area contributed by atoms with Crippen molar-refractivity contribution < 1.29 is 4.42 Å². The van der Waals surface area contributed by atoms with Gasteiger partial charge in [0.1, 0.15) is 11.5 Å². The van der Waals surface area contributed by atoms with Crippen molar-refractivity contribution >= 4 is 0 Å². The van der Waals surface area contributed by atoms with E-state index in [1.807, 2.05) is 0 Å². The minimum absolute atomic E-state index is 0.115. The van der Waals surface area contributed by atoms with Gasteiger partial charge in [0, 0.05) is 6.07 Å². The summed E-state index contributed by atoms with van der Waals surface area (Å²) in [5.74, 6) is 1.18. The van der Waals surface area contributed by atoms with Crippen LogP contribution in [0.4, 0.5) is 0 Å². The molecule has 2 nitrogen and oxygen atoms in total. The third-order valence-corrected chi connectivity index (χ3v) is 0.948. The average Bonchev–Trinajstić information content (AvgIpc) is 1.59. The molecular formula is C7H7O2. The maximum atomic E-state index is 10.6. The van der Waals surface area contributed by atoms with Gasteiger partial charge in [-0.25, -0.2) is 0 Å². The summed E-state index contributed by atoms with van der Waals surface area (Å²) < 4.78 is 5.00. The summed E-state index contributed by atoms with van der Waals surface area (Å²) in [6.45, 7) is 3.44. The van der Waals surface area contributed by atoms with Gasteiger partial charge in [-0.3, -0.25) is 4.79 Å². The van der Waals surface area contributed by atoms with E-state index in [-0.39, 0.29) is 5.43 Å². The maximum Gasteiger partial charge on any atom is 0.193 e. The highest BCUT2D eigenvalue weighted by Crippen LogP contribution is 1.95. The standard InChI is InChI=1S/C7H7O2/c1-5-3-7(8)4-6(2)9-5/h3H,1-2H3. The lowest BCUT2D eigenvalue weighted by Crippen LogP contribution is -1.98. The smallest absolute Gasteiger partial charge is 0.193 e. The lowest BCUT2D eigenvalue weighted by atomic mass is 10.4. The molecule has 0 N–H and O–H groups in total. The zero-order valence-electron chi connectivity index (χ0n) is 5.39. The predicted octanol–water partition coefficient (Wildman–Crippen LogP) is 1.06. The monoisotopic (exact) mass is 123 g/mol. The molecule has 1 radical (unpaired) electrons. The predicted molar refractivity (Wildman–Crippen MR) is 33.3 cm³/mol. The fraction of sp³-hybridized carbons (Fsp3) is 0.286. The van der Waals surface area contributed by atoms with Crippen LogP contribution in [0.25, 0.3) is 0 Å². The summed E-state index contributed by atoms with van der Waals surface area (Å²) in [5, 5.41) is 0. The molecule has 1 heterocycles. The molecule has 1 rings (SSSR count). The van der Waals surface area contributed by atoms with Crippen LogP contribution in [0, 0.1) is 19.9 Å². The van der Waals surface area contributed by atoms with Gasteiger partial charge in [-0.15, -0.1) is 0 Å². The van der Waals surface area contributed by atoms with Crippen LogP contribution >= 0.6 is 0 Å². The molecule has 0 bridgehead atoms. The first kappa shape index (κ1) is 6.08. The molecule has 0 aromatic carbocycles. The first-order valence-electron chi connectivity index (χ1n) is 2.69. The van der Waals surface area contributed by atoms with Crippen LogP contribution in [-0.4, -0.2) is 0 Å². The molecule has 0 unspecified atom stereocenters. The first-order valence-corrected chi connectivity index (χ1v) is 2.69. The van der Waals surface area contributed by atoms with Crippen molar-refractivity contribution in [3.8, 4) is 0 Å². The number of rotatable bonds is 0. The van der Waals surface area contributed by atoms with E-state index in [0.717, 1.165) is 0 Å². The first-order chi connectivity index (χ1) is 4.18. The zero-order chi connectivity index (χ0) is 6.85. The Kier molecular flexibility index (Phi) is 1.39. The van der Waals surface area contributed by atoms with Crippen molar-refractivity contribution in [3.05, 3.63) is 33.9 Å². The molecule has 0 saturated carbocycles. The van der Waals surface area contributed by atoms with Crippen LogP contribution in [0.5, 0.6) is 0 Å². The second-order valence-corrected chi connectivity index (χ2v) is 1.90. The number of hydrogen-bond acceptors (Lipinski definition) is 2. The van der Waals surface area contributed by atoms with Crippen molar-refractivity contribution in [1.29, 1.82) is 0 Å². The molecule has 1 aromatic heterocycles. The molecule has 0 aliphatic rings. The van der Waals surface area contributed by atoms with Gasteiger partial charge in [0.15, 0.2) is 5.43 Å². The van der Waals surface area contributed by atoms with Crippen molar-refractivity contribution in [1.82, 2.24) is 0 Å². The molecule has 9 heavy (non-hydrogen) atoms. The Morgan fingerprint density at radius 3 is 2.67 bits per heavy atom. The van der Waals surface area contributed by atoms with Crippen LogP contribution in [-0.2, 0) is 0 Å². The van der Waals surface area contributed by atoms with Gasteiger partial charge >= 0.3 is 0 Å². The van der Waals surface area contributed by atoms with Crippen LogP contribution in [0.1, 0.15) is 11.5 Å². The van der Waals surface area contributed by atoms with E-state index >= 15 is 0 Å². The SMILES string of the molecule is Cc1[c]c(=O)cc(C)o1. The van der Waals surface area contributed by atoms with Gasteiger partial charge < -0.3 is 4.42 Å². The summed E-state index contributed by atoms with van der Waals surface area (Å²) >= 11 is 0. The van der Waals surface area contributed by atoms with Crippen molar-refractivity contribution in [3.63, 3.8) is 0 Å². The zero-order valence-corrected chi connectivity index (χ0v) is 5.39. The Labute approximate surface area is 53.1 Å². The highest BCUT2D eigenvalue weighted by molar-refractivity contribution is 5.01. The quantitative estimate of drug-likeness (QED) is 0.516. The number of hydrogen-bond donors (Lipinski definition) is 0. The largest absolute Gasteiger partial charge is 0.466 e. The highest BCUT2D eigenvalue weighted by atomic mass is 16.3. The summed E-state index contributed by atoms with van der Waals surface area (Å²) in [4.78, 5) is 10.6. The molecule has 0 atom stereocenters. The van der Waals surface area contributed by atoms with E-state index in [0.29, 0.717) is 11.5 Å². The second-order valence-electron chi connectivity index (χ2n) is 1.90. The third kappa shape index (κ3) is 1.42. The summed E-state index contributed by atoms with van der Waals surface area (Å²) in [5.41, 5.74) is -0.115. The van der Waals surface area contributed by atoms with E-state index in [2.05, 4.69) is 6.07 Å². The van der Waals surface area contributed by atoms with E-state index in [1.165, 1.54) is 6.07 Å². The molecule has 0 amide bonds. The van der Waals surface area contributed by atoms with Gasteiger partial charge in [0.25, 0.3) is 0 Å². The van der Waals surface area contributed by atoms with E-state index < -0.39 is 0 Å². The Hall–Kier alpha value is -1.05. The van der Waals surface area contributed by atoms with Crippen molar-refractivity contribution in [2.45, 2.75) is 13.8 Å². The Morgan fingerprint density at radius 2 is 2.22 bits per heavy atom. The molecule has 47 valence electrons. The van der Waals surface area contributed by atoms with E-state index in [1.54, 1.807) is 13.8 Å². The van der Waals surface area contributed by atoms with Crippen molar-refractivity contribution in [2.75, 3.05) is 0 Å². The lowest BCUT2D eigenvalue weighted by molar-refractivity contribution is 0.483. The Morgan fingerprint density at radius 1 is 1.56 bits per heavy atom. The molecule has 0 aliphatic carbocycles. The molecule has 0 spiro atoms. The topological polar surface area (TPSA) is 30.2 Å². The van der Waals surface area contributed by atoms with Crippen LogP contribution < -0.4 is 5.43 Å². The third-order valence-electron chi connectivity index (χ3n) is 0.948. The summed E-state index contributed by atoms with van der Waals surface area (Å²) in [6, 6.07) is 3.90. The van der Waals surface area contributed by atoms with Gasteiger partial charge in [0.2, 0.25) is 0 Å². The Balaban J connectivity index is 3.33. The molecule has 2 heteroatoms. The fourth-order valence-corrected chi connectivity index (χ4v) is 0.691. The van der Waals surface area contributed by atoms with Gasteiger partial charge in [-0.1, -0.05) is 0 Å². The summed E-state index contributed by atoms with van der Waals surface area (Å²) in [6.07, 6.45) is 0. The van der Waals surface area contributed by atoms with E-state index in [4.69, 9.17) is 4.42 Å². The van der Waals surface area contributed by atoms with Crippen LogP contribution in [0.15, 0.2) is 15.3 Å². The van der Waals surface area contributed by atoms with Gasteiger partial charge in [-0.05, 0) is 13.8 Å². The maximum absolute atomic E-state index is 10.6.